The molecule has 41 heavy (non-hydrogen) atoms. The van der Waals surface area contributed by atoms with E-state index in [0.717, 1.165) is 54.4 Å². The summed E-state index contributed by atoms with van der Waals surface area (Å²) in [6.07, 6.45) is 8.92. The normalized spacial score (nSPS) is 15.8. The number of amidine groups is 1. The largest absolute Gasteiger partial charge is 0.479 e. The molecule has 0 saturated heterocycles. The number of rotatable bonds is 11. The number of pyridine rings is 1. The molecule has 1 fully saturated rings. The molecule has 0 radical (unpaired) electrons. The Bertz CT molecular complexity index is 1430. The van der Waals surface area contributed by atoms with Gasteiger partial charge >= 0.3 is 5.97 Å². The molecular formula is C32H35N5O4. The van der Waals surface area contributed by atoms with Crippen LogP contribution in [0, 0.1) is 0 Å². The van der Waals surface area contributed by atoms with Crippen molar-refractivity contribution in [1.82, 2.24) is 9.88 Å². The van der Waals surface area contributed by atoms with Gasteiger partial charge in [0, 0.05) is 24.7 Å². The van der Waals surface area contributed by atoms with Gasteiger partial charge in [-0.3, -0.25) is 9.78 Å². The van der Waals surface area contributed by atoms with Crippen molar-refractivity contribution in [2.45, 2.75) is 70.4 Å². The van der Waals surface area contributed by atoms with Crippen LogP contribution < -0.4 is 4.74 Å². The summed E-state index contributed by atoms with van der Waals surface area (Å²) in [4.78, 5) is 36.2. The smallest absolute Gasteiger partial charge is 0.329 e. The number of aromatic nitrogens is 1. The number of unbranched alkanes of at least 4 members (excludes halogenated alkanes) is 1. The highest BCUT2D eigenvalue weighted by Gasteiger charge is 2.46. The highest BCUT2D eigenvalue weighted by atomic mass is 16.5. The SMILES string of the molecule is CCCCC(=O)N(Cc1ccc(-c2cc(Oc3cccnc3)ccc2C2=NCN=N2)cc1)C1(C(=O)O)CCCCC1. The van der Waals surface area contributed by atoms with Gasteiger partial charge in [-0.05, 0) is 66.3 Å². The first kappa shape index (κ1) is 28.1. The summed E-state index contributed by atoms with van der Waals surface area (Å²) in [5.41, 5.74) is 2.36. The second-order valence-corrected chi connectivity index (χ2v) is 10.5. The van der Waals surface area contributed by atoms with Gasteiger partial charge in [0.25, 0.3) is 0 Å². The van der Waals surface area contributed by atoms with Gasteiger partial charge in [-0.1, -0.05) is 56.9 Å². The standard InChI is InChI=1S/C32H35N5O4/c1-2-3-9-29(38)37(32(31(39)40)16-5-4-6-17-32)21-23-10-12-24(13-11-23)28-19-25(41-26-8-7-18-33-20-26)14-15-27(28)30-34-22-35-36-30/h7-8,10-15,18-20H,2-6,9,16-17,21-22H2,1H3,(H,39,40). The van der Waals surface area contributed by atoms with E-state index in [4.69, 9.17) is 4.74 Å². The minimum absolute atomic E-state index is 0.0904. The molecule has 9 nitrogen and oxygen atoms in total. The van der Waals surface area contributed by atoms with Crippen molar-refractivity contribution in [3.8, 4) is 22.6 Å². The van der Waals surface area contributed by atoms with Crippen molar-refractivity contribution in [1.29, 1.82) is 0 Å². The minimum atomic E-state index is -1.15. The highest BCUT2D eigenvalue weighted by molar-refractivity contribution is 6.05. The molecule has 0 atom stereocenters. The lowest BCUT2D eigenvalue weighted by molar-refractivity contribution is -0.163. The second kappa shape index (κ2) is 12.8. The van der Waals surface area contributed by atoms with E-state index in [2.05, 4.69) is 20.2 Å². The number of carboxylic acid groups (broad SMARTS) is 1. The molecule has 2 aromatic carbocycles. The van der Waals surface area contributed by atoms with Crippen LogP contribution in [0.15, 0.2) is 82.2 Å². The second-order valence-electron chi connectivity index (χ2n) is 10.5. The third-order valence-corrected chi connectivity index (χ3v) is 7.80. The quantitative estimate of drug-likeness (QED) is 0.274. The van der Waals surface area contributed by atoms with Crippen LogP contribution in [0.1, 0.15) is 69.4 Å². The molecule has 3 aromatic rings. The molecule has 0 unspecified atom stereocenters. The summed E-state index contributed by atoms with van der Waals surface area (Å²) in [7, 11) is 0. The molecule has 1 saturated carbocycles. The third-order valence-electron chi connectivity index (χ3n) is 7.80. The molecule has 1 aromatic heterocycles. The van der Waals surface area contributed by atoms with Crippen LogP contribution in [0.5, 0.6) is 11.5 Å². The number of carbonyl (C=O) groups excluding carboxylic acids is 1. The Hall–Kier alpha value is -4.40. The van der Waals surface area contributed by atoms with E-state index >= 15 is 0 Å². The topological polar surface area (TPSA) is 117 Å². The Kier molecular flexibility index (Phi) is 8.82. The van der Waals surface area contributed by atoms with E-state index in [1.54, 1.807) is 17.3 Å². The van der Waals surface area contributed by atoms with E-state index in [1.807, 2.05) is 61.5 Å². The number of aliphatic imine (C=N–C) groups is 1. The van der Waals surface area contributed by atoms with Crippen LogP contribution in [-0.2, 0) is 16.1 Å². The van der Waals surface area contributed by atoms with Crippen LogP contribution in [0.3, 0.4) is 0 Å². The number of aliphatic carboxylic acids is 1. The first-order chi connectivity index (χ1) is 20.0. The fourth-order valence-electron chi connectivity index (χ4n) is 5.58. The van der Waals surface area contributed by atoms with Crippen molar-refractivity contribution < 1.29 is 19.4 Å². The van der Waals surface area contributed by atoms with Gasteiger partial charge in [-0.15, -0.1) is 5.11 Å². The maximum atomic E-state index is 13.4. The molecule has 1 amide bonds. The lowest BCUT2D eigenvalue weighted by Crippen LogP contribution is -2.57. The molecule has 1 aliphatic heterocycles. The number of hydrogen-bond acceptors (Lipinski definition) is 7. The summed E-state index contributed by atoms with van der Waals surface area (Å²) in [5.74, 6) is 0.838. The fraction of sp³-hybridized carbons (Fsp3) is 0.375. The number of azo groups is 1. The Morgan fingerprint density at radius 2 is 1.80 bits per heavy atom. The molecule has 2 heterocycles. The van der Waals surface area contributed by atoms with E-state index in [9.17, 15) is 14.7 Å². The number of hydrogen-bond donors (Lipinski definition) is 1. The molecule has 1 aliphatic carbocycles. The van der Waals surface area contributed by atoms with Crippen molar-refractivity contribution in [2.75, 3.05) is 6.67 Å². The van der Waals surface area contributed by atoms with Gasteiger partial charge in [-0.2, -0.15) is 5.11 Å². The average molecular weight is 554 g/mol. The Morgan fingerprint density at radius 3 is 2.46 bits per heavy atom. The Balaban J connectivity index is 1.45. The Labute approximate surface area is 240 Å². The van der Waals surface area contributed by atoms with Crippen molar-refractivity contribution >= 4 is 17.7 Å². The summed E-state index contributed by atoms with van der Waals surface area (Å²) < 4.78 is 6.04. The summed E-state index contributed by atoms with van der Waals surface area (Å²) in [6.45, 7) is 2.59. The number of carboxylic acids is 1. The van der Waals surface area contributed by atoms with Gasteiger partial charge < -0.3 is 14.7 Å². The molecular weight excluding hydrogens is 518 g/mol. The van der Waals surface area contributed by atoms with Crippen LogP contribution in [0.25, 0.3) is 11.1 Å². The van der Waals surface area contributed by atoms with Crippen LogP contribution >= 0.6 is 0 Å². The van der Waals surface area contributed by atoms with Gasteiger partial charge in [0.15, 0.2) is 12.5 Å². The third kappa shape index (κ3) is 6.34. The lowest BCUT2D eigenvalue weighted by atomic mass is 9.79. The number of carbonyl (C=O) groups is 2. The maximum Gasteiger partial charge on any atom is 0.329 e. The first-order valence-corrected chi connectivity index (χ1v) is 14.3. The van der Waals surface area contributed by atoms with E-state index in [0.29, 0.717) is 43.3 Å². The summed E-state index contributed by atoms with van der Waals surface area (Å²) in [5, 5.41) is 18.6. The zero-order valence-electron chi connectivity index (χ0n) is 23.3. The molecule has 9 heteroatoms. The Morgan fingerprint density at radius 1 is 1.00 bits per heavy atom. The molecule has 1 N–H and O–H groups in total. The molecule has 212 valence electrons. The monoisotopic (exact) mass is 553 g/mol. The molecule has 0 spiro atoms. The maximum absolute atomic E-state index is 13.4. The van der Waals surface area contributed by atoms with Crippen LogP contribution in [-0.4, -0.2) is 44.9 Å². The summed E-state index contributed by atoms with van der Waals surface area (Å²) >= 11 is 0. The van der Waals surface area contributed by atoms with Gasteiger partial charge in [0.05, 0.1) is 6.20 Å². The van der Waals surface area contributed by atoms with E-state index in [-0.39, 0.29) is 12.5 Å². The first-order valence-electron chi connectivity index (χ1n) is 14.3. The van der Waals surface area contributed by atoms with Gasteiger partial charge in [0.1, 0.15) is 17.0 Å². The molecule has 0 bridgehead atoms. The number of amides is 1. The van der Waals surface area contributed by atoms with E-state index in [1.165, 1.54) is 0 Å². The minimum Gasteiger partial charge on any atom is -0.479 e. The summed E-state index contributed by atoms with van der Waals surface area (Å²) in [6, 6.07) is 17.3. The zero-order valence-corrected chi connectivity index (χ0v) is 23.3. The van der Waals surface area contributed by atoms with Crippen molar-refractivity contribution in [3.63, 3.8) is 0 Å². The predicted molar refractivity (Wildman–Crippen MR) is 156 cm³/mol. The van der Waals surface area contributed by atoms with Crippen LogP contribution in [0.4, 0.5) is 0 Å². The fourth-order valence-corrected chi connectivity index (χ4v) is 5.58. The predicted octanol–water partition coefficient (Wildman–Crippen LogP) is 7.02. The van der Waals surface area contributed by atoms with Gasteiger partial charge in [-0.25, -0.2) is 9.79 Å². The number of ether oxygens (including phenoxy) is 1. The van der Waals surface area contributed by atoms with E-state index < -0.39 is 11.5 Å². The molecule has 5 rings (SSSR count). The highest BCUT2D eigenvalue weighted by Crippen LogP contribution is 2.37. The number of nitrogens with zero attached hydrogens (tertiary/aromatic N) is 5. The zero-order chi connectivity index (χ0) is 28.7. The van der Waals surface area contributed by atoms with Crippen molar-refractivity contribution in [2.24, 2.45) is 15.2 Å². The van der Waals surface area contributed by atoms with Crippen molar-refractivity contribution in [3.05, 3.63) is 78.1 Å². The lowest BCUT2D eigenvalue weighted by Gasteiger charge is -2.43. The average Bonchev–Trinajstić information content (AvgIpc) is 3.55. The number of benzene rings is 2. The van der Waals surface area contributed by atoms with Crippen LogP contribution in [0.2, 0.25) is 0 Å². The van der Waals surface area contributed by atoms with Gasteiger partial charge in [0.2, 0.25) is 5.91 Å². The molecule has 2 aliphatic rings.